The quantitative estimate of drug-likeness (QED) is 0.0214. The fourth-order valence-corrected chi connectivity index (χ4v) is 11.2. The largest absolute Gasteiger partial charge is 0.370 e. The van der Waals surface area contributed by atoms with Crippen LogP contribution < -0.4 is 44.2 Å². The van der Waals surface area contributed by atoms with E-state index in [0.717, 1.165) is 43.2 Å². The molecule has 5 aromatic carbocycles. The summed E-state index contributed by atoms with van der Waals surface area (Å²) < 4.78 is 0. The number of guanidine groups is 2. The van der Waals surface area contributed by atoms with Gasteiger partial charge in [-0.15, -0.1) is 0 Å². The third-order valence-corrected chi connectivity index (χ3v) is 15.9. The Bertz CT molecular complexity index is 2700. The van der Waals surface area contributed by atoms with E-state index in [0.29, 0.717) is 87.1 Å². The van der Waals surface area contributed by atoms with Crippen LogP contribution >= 0.6 is 23.2 Å². The summed E-state index contributed by atoms with van der Waals surface area (Å²) in [6.45, 7) is 5.48. The molecule has 2 saturated heterocycles. The standard InChI is InChI=1S/C31H36Cl2N6O2.C30H42N6O2/c1-2-27(38-31(34)35)28-30(41)39(19-24(20-9-5-3-6-10-20)21-11-7-4-8-12-21)16-15-23(37-28)18-36-29(40)22-13-14-25(32)26(33)17-22;31-30(32)33-18-9-16-27-29(38)36(19-17-25(35-27)20-34-28(37)24-14-7-8-15-24)21-26(22-10-3-1-4-11-22)23-12-5-2-6-13-23/h3-14,17,23-24,27-28,37H,2,15-16,18-19H2,1H3,(H,36,40)(H4,34,35,38);1-6,10-13,24-27,35H,7-9,14-21H2,(H,34,37)(H4,31,32,33)/t23-,27?,28-;25-,27-/m00/s1. The maximum absolute atomic E-state index is 14.1. The number of hydrogen-bond donors (Lipinski definition) is 8. The van der Waals surface area contributed by atoms with Gasteiger partial charge < -0.3 is 48.7 Å². The van der Waals surface area contributed by atoms with Gasteiger partial charge in [-0.3, -0.25) is 29.5 Å². The molecular formula is C61H78Cl2N12O4. The van der Waals surface area contributed by atoms with Crippen molar-refractivity contribution in [2.24, 2.45) is 38.8 Å². The van der Waals surface area contributed by atoms with E-state index in [-0.39, 0.29) is 71.4 Å². The third kappa shape index (κ3) is 17.8. The van der Waals surface area contributed by atoms with Crippen molar-refractivity contribution in [2.75, 3.05) is 45.8 Å². The minimum atomic E-state index is -0.663. The lowest BCUT2D eigenvalue weighted by Gasteiger charge is -2.31. The van der Waals surface area contributed by atoms with E-state index in [2.05, 4.69) is 79.8 Å². The fourth-order valence-electron chi connectivity index (χ4n) is 10.9. The van der Waals surface area contributed by atoms with Crippen LogP contribution in [-0.2, 0) is 14.4 Å². The molecule has 16 nitrogen and oxygen atoms in total. The number of nitrogens with one attached hydrogen (secondary N) is 4. The zero-order valence-electron chi connectivity index (χ0n) is 45.2. The van der Waals surface area contributed by atoms with Gasteiger partial charge in [0.25, 0.3) is 5.91 Å². The SMILES string of the molecule is CCC(N=C(N)N)[C@@H]1N[C@H](CNC(=O)c2ccc(Cl)c(Cl)c2)CCN(CC(c2ccccc2)c2ccccc2)C1=O.NC(N)=NCCC[C@@H]1N[C@H](CNC(=O)C2CCCC2)CCN(CC(c2ccccc2)c2ccccc2)C1=O. The molecule has 3 fully saturated rings. The van der Waals surface area contributed by atoms with Gasteiger partial charge in [0.1, 0.15) is 6.04 Å². The Balaban J connectivity index is 0.000000229. The van der Waals surface area contributed by atoms with Crippen molar-refractivity contribution in [3.63, 3.8) is 0 Å². The van der Waals surface area contributed by atoms with Gasteiger partial charge in [-0.25, -0.2) is 4.99 Å². The second-order valence-corrected chi connectivity index (χ2v) is 21.5. The molecule has 5 atom stereocenters. The van der Waals surface area contributed by atoms with Crippen LogP contribution in [0.25, 0.3) is 0 Å². The number of amides is 4. The molecule has 8 rings (SSSR count). The zero-order chi connectivity index (χ0) is 56.1. The summed E-state index contributed by atoms with van der Waals surface area (Å²) in [6.07, 6.45) is 7.48. The van der Waals surface area contributed by atoms with Crippen LogP contribution in [0.15, 0.2) is 150 Å². The summed E-state index contributed by atoms with van der Waals surface area (Å²) in [5.74, 6) is 0.0670. The van der Waals surface area contributed by atoms with Crippen molar-refractivity contribution in [1.29, 1.82) is 0 Å². The second kappa shape index (κ2) is 30.4. The van der Waals surface area contributed by atoms with Gasteiger partial charge in [0.15, 0.2) is 11.9 Å². The summed E-state index contributed by atoms with van der Waals surface area (Å²) in [5, 5.41) is 13.8. The van der Waals surface area contributed by atoms with Crippen molar-refractivity contribution >= 4 is 58.7 Å². The lowest BCUT2D eigenvalue weighted by atomic mass is 9.90. The molecule has 0 radical (unpaired) electrons. The first-order valence-electron chi connectivity index (χ1n) is 27.7. The number of halogens is 2. The molecule has 3 aliphatic rings. The number of carbonyl (C=O) groups is 4. The van der Waals surface area contributed by atoms with Gasteiger partial charge in [0, 0.05) is 81.2 Å². The topological polar surface area (TPSA) is 252 Å². The maximum atomic E-state index is 14.1. The van der Waals surface area contributed by atoms with Crippen LogP contribution in [0.4, 0.5) is 0 Å². The minimum absolute atomic E-state index is 0.0175. The van der Waals surface area contributed by atoms with Crippen LogP contribution in [0.3, 0.4) is 0 Å². The van der Waals surface area contributed by atoms with Gasteiger partial charge in [-0.05, 0) is 85.4 Å². The van der Waals surface area contributed by atoms with Gasteiger partial charge in [0.2, 0.25) is 17.7 Å². The van der Waals surface area contributed by atoms with E-state index < -0.39 is 12.1 Å². The fraction of sp³-hybridized carbons (Fsp3) is 0.410. The van der Waals surface area contributed by atoms with Crippen LogP contribution in [-0.4, -0.2) is 121 Å². The first kappa shape index (κ1) is 59.7. The molecule has 1 unspecified atom stereocenters. The number of rotatable bonds is 21. The minimum Gasteiger partial charge on any atom is -0.370 e. The molecule has 0 spiro atoms. The predicted octanol–water partition coefficient (Wildman–Crippen LogP) is 6.90. The predicted molar refractivity (Wildman–Crippen MR) is 317 cm³/mol. The van der Waals surface area contributed by atoms with E-state index in [1.165, 1.54) is 17.2 Å². The highest BCUT2D eigenvalue weighted by Gasteiger charge is 2.38. The van der Waals surface area contributed by atoms with Crippen molar-refractivity contribution < 1.29 is 19.2 Å². The molecule has 4 amide bonds. The molecule has 5 aromatic rings. The van der Waals surface area contributed by atoms with Gasteiger partial charge in [0.05, 0.1) is 22.1 Å². The molecule has 0 bridgehead atoms. The smallest absolute Gasteiger partial charge is 0.251 e. The number of nitrogens with two attached hydrogens (primary N) is 4. The summed E-state index contributed by atoms with van der Waals surface area (Å²) >= 11 is 12.1. The highest BCUT2D eigenvalue weighted by molar-refractivity contribution is 6.42. The Morgan fingerprint density at radius 2 is 1.13 bits per heavy atom. The summed E-state index contributed by atoms with van der Waals surface area (Å²) in [5.41, 5.74) is 27.5. The van der Waals surface area contributed by atoms with Crippen LogP contribution in [0.5, 0.6) is 0 Å². The Hall–Kier alpha value is -6.98. The Morgan fingerprint density at radius 1 is 0.633 bits per heavy atom. The zero-order valence-corrected chi connectivity index (χ0v) is 46.7. The monoisotopic (exact) mass is 1110 g/mol. The van der Waals surface area contributed by atoms with E-state index in [1.807, 2.05) is 89.5 Å². The van der Waals surface area contributed by atoms with Crippen molar-refractivity contribution in [3.8, 4) is 0 Å². The highest BCUT2D eigenvalue weighted by Crippen LogP contribution is 2.30. The summed E-state index contributed by atoms with van der Waals surface area (Å²) in [7, 11) is 0. The third-order valence-electron chi connectivity index (χ3n) is 15.2. The molecule has 79 heavy (non-hydrogen) atoms. The van der Waals surface area contributed by atoms with E-state index in [1.54, 1.807) is 12.1 Å². The van der Waals surface area contributed by atoms with Crippen molar-refractivity contribution in [1.82, 2.24) is 31.1 Å². The number of benzene rings is 5. The van der Waals surface area contributed by atoms with Crippen LogP contribution in [0, 0.1) is 5.92 Å². The summed E-state index contributed by atoms with van der Waals surface area (Å²) in [6, 6.07) is 44.2. The molecule has 1 saturated carbocycles. The number of nitrogens with zero attached hydrogens (tertiary/aromatic N) is 4. The van der Waals surface area contributed by atoms with Crippen LogP contribution in [0.2, 0.25) is 10.0 Å². The first-order valence-corrected chi connectivity index (χ1v) is 28.5. The lowest BCUT2D eigenvalue weighted by molar-refractivity contribution is -0.134. The average Bonchev–Trinajstić information content (AvgIpc) is 3.95. The maximum Gasteiger partial charge on any atom is 0.251 e. The lowest BCUT2D eigenvalue weighted by Crippen LogP contribution is -2.54. The Kier molecular flexibility index (Phi) is 23.0. The van der Waals surface area contributed by atoms with Crippen molar-refractivity contribution in [2.45, 2.75) is 107 Å². The van der Waals surface area contributed by atoms with E-state index >= 15 is 0 Å². The second-order valence-electron chi connectivity index (χ2n) is 20.7. The van der Waals surface area contributed by atoms with Gasteiger partial charge in [-0.1, -0.05) is 164 Å². The molecule has 2 heterocycles. The average molecular weight is 1110 g/mol. The normalized spacial score (nSPS) is 19.2. The highest BCUT2D eigenvalue weighted by atomic mass is 35.5. The molecule has 2 aliphatic heterocycles. The molecule has 420 valence electrons. The Morgan fingerprint density at radius 3 is 1.61 bits per heavy atom. The van der Waals surface area contributed by atoms with Crippen LogP contribution in [0.1, 0.15) is 109 Å². The molecule has 0 aromatic heterocycles. The van der Waals surface area contributed by atoms with Gasteiger partial charge >= 0.3 is 0 Å². The first-order chi connectivity index (χ1) is 38.3. The number of aliphatic imine (C=N–C) groups is 2. The molecular weight excluding hydrogens is 1040 g/mol. The van der Waals surface area contributed by atoms with Gasteiger partial charge in [-0.2, -0.15) is 0 Å². The molecule has 18 heteroatoms. The van der Waals surface area contributed by atoms with E-state index in [9.17, 15) is 19.2 Å². The Labute approximate surface area is 475 Å². The number of carbonyl (C=O) groups excluding carboxylic acids is 4. The molecule has 12 N–H and O–H groups in total. The number of hydrogen-bond acceptors (Lipinski definition) is 8. The van der Waals surface area contributed by atoms with E-state index in [4.69, 9.17) is 46.1 Å². The molecule has 1 aliphatic carbocycles. The summed E-state index contributed by atoms with van der Waals surface area (Å²) in [4.78, 5) is 65.9. The van der Waals surface area contributed by atoms with Crippen molar-refractivity contribution in [3.05, 3.63) is 177 Å².